The van der Waals surface area contributed by atoms with Crippen molar-refractivity contribution in [3.05, 3.63) is 53.7 Å². The van der Waals surface area contributed by atoms with Crippen LogP contribution >= 0.6 is 11.6 Å². The number of nitrogens with zero attached hydrogens (tertiary/aromatic N) is 5. The van der Waals surface area contributed by atoms with E-state index >= 15 is 0 Å². The van der Waals surface area contributed by atoms with Crippen molar-refractivity contribution in [3.63, 3.8) is 0 Å². The molecule has 0 bridgehead atoms. The van der Waals surface area contributed by atoms with Crippen molar-refractivity contribution in [1.82, 2.24) is 19.4 Å². The molecule has 134 valence electrons. The molecule has 0 saturated carbocycles. The highest BCUT2D eigenvalue weighted by Gasteiger charge is 2.20. The molecule has 0 spiro atoms. The Morgan fingerprint density at radius 1 is 1.04 bits per heavy atom. The van der Waals surface area contributed by atoms with Crippen molar-refractivity contribution in [1.29, 1.82) is 0 Å². The number of halogens is 1. The van der Waals surface area contributed by atoms with E-state index in [4.69, 9.17) is 21.6 Å². The minimum absolute atomic E-state index is 0.618. The third-order valence-corrected chi connectivity index (χ3v) is 5.28. The molecule has 0 N–H and O–H groups in total. The van der Waals surface area contributed by atoms with E-state index in [-0.39, 0.29) is 0 Å². The number of imidazole rings is 1. The number of para-hydroxylation sites is 2. The van der Waals surface area contributed by atoms with Gasteiger partial charge >= 0.3 is 0 Å². The maximum absolute atomic E-state index is 6.48. The van der Waals surface area contributed by atoms with E-state index in [1.807, 2.05) is 41.9 Å². The molecule has 0 aliphatic carbocycles. The van der Waals surface area contributed by atoms with Gasteiger partial charge in [0.05, 0.1) is 16.1 Å². The van der Waals surface area contributed by atoms with Crippen LogP contribution in [0.3, 0.4) is 0 Å². The Bertz CT molecular complexity index is 969. The first-order chi connectivity index (χ1) is 12.5. The van der Waals surface area contributed by atoms with E-state index in [9.17, 15) is 0 Å². The van der Waals surface area contributed by atoms with Gasteiger partial charge in [0.15, 0.2) is 5.82 Å². The van der Waals surface area contributed by atoms with Gasteiger partial charge in [0.25, 0.3) is 0 Å². The summed E-state index contributed by atoms with van der Waals surface area (Å²) in [7, 11) is 2.00. The molecule has 0 radical (unpaired) electrons. The van der Waals surface area contributed by atoms with E-state index in [2.05, 4.69) is 29.4 Å². The average Bonchev–Trinajstić information content (AvgIpc) is 2.99. The van der Waals surface area contributed by atoms with E-state index in [0.29, 0.717) is 5.02 Å². The zero-order chi connectivity index (χ0) is 18.3. The third kappa shape index (κ3) is 2.92. The molecule has 26 heavy (non-hydrogen) atoms. The summed E-state index contributed by atoms with van der Waals surface area (Å²) >= 11 is 6.48. The molecule has 1 aromatic carbocycles. The highest BCUT2D eigenvalue weighted by molar-refractivity contribution is 6.33. The number of hydrogen-bond donors (Lipinski definition) is 0. The van der Waals surface area contributed by atoms with Crippen LogP contribution in [-0.2, 0) is 7.05 Å². The molecular formula is C20H22ClN5. The summed E-state index contributed by atoms with van der Waals surface area (Å²) < 4.78 is 2.05. The smallest absolute Gasteiger partial charge is 0.161 e. The second-order valence-electron chi connectivity index (χ2n) is 6.69. The molecule has 0 amide bonds. The second kappa shape index (κ2) is 6.65. The molecule has 1 saturated heterocycles. The van der Waals surface area contributed by atoms with Crippen molar-refractivity contribution in [3.8, 4) is 11.5 Å². The van der Waals surface area contributed by atoms with Crippen LogP contribution in [0.4, 0.5) is 5.82 Å². The van der Waals surface area contributed by atoms with Crippen LogP contribution < -0.4 is 4.90 Å². The van der Waals surface area contributed by atoms with Crippen LogP contribution in [0.1, 0.15) is 6.92 Å². The highest BCUT2D eigenvalue weighted by atomic mass is 35.5. The maximum atomic E-state index is 6.48. The molecular weight excluding hydrogens is 346 g/mol. The minimum atomic E-state index is 0.618. The maximum Gasteiger partial charge on any atom is 0.161 e. The predicted octanol–water partition coefficient (Wildman–Crippen LogP) is 3.94. The van der Waals surface area contributed by atoms with Crippen molar-refractivity contribution in [2.24, 2.45) is 7.05 Å². The van der Waals surface area contributed by atoms with Crippen LogP contribution in [0, 0.1) is 0 Å². The van der Waals surface area contributed by atoms with Gasteiger partial charge in [-0.2, -0.15) is 0 Å². The van der Waals surface area contributed by atoms with E-state index in [1.165, 1.54) is 0 Å². The fraction of sp³-hybridized carbons (Fsp3) is 0.300. The molecule has 4 rings (SSSR count). The zero-order valence-electron chi connectivity index (χ0n) is 15.1. The van der Waals surface area contributed by atoms with Gasteiger partial charge in [-0.15, -0.1) is 0 Å². The van der Waals surface area contributed by atoms with E-state index < -0.39 is 0 Å². The summed E-state index contributed by atoms with van der Waals surface area (Å²) in [4.78, 5) is 14.2. The standard InChI is InChI=1S/C20H22ClN5/c1-14(2)25-10-12-26(13-11-25)18-9-8-15(21)19(23-18)20-22-16-6-4-5-7-17(16)24(20)3/h4-9H,1,10-13H2,2-3H3. The topological polar surface area (TPSA) is 37.2 Å². The first kappa shape index (κ1) is 16.9. The predicted molar refractivity (Wildman–Crippen MR) is 108 cm³/mol. The number of hydrogen-bond acceptors (Lipinski definition) is 4. The number of rotatable bonds is 3. The first-order valence-corrected chi connectivity index (χ1v) is 9.16. The summed E-state index contributed by atoms with van der Waals surface area (Å²) in [5.74, 6) is 1.73. The number of fused-ring (bicyclic) bond motifs is 1. The fourth-order valence-corrected chi connectivity index (χ4v) is 3.63. The Morgan fingerprint density at radius 3 is 2.46 bits per heavy atom. The van der Waals surface area contributed by atoms with Gasteiger partial charge in [-0.05, 0) is 31.2 Å². The number of allylic oxidation sites excluding steroid dienone is 1. The minimum Gasteiger partial charge on any atom is -0.372 e. The fourth-order valence-electron chi connectivity index (χ4n) is 3.44. The number of aromatic nitrogens is 3. The summed E-state index contributed by atoms with van der Waals surface area (Å²) in [6.45, 7) is 9.85. The molecule has 3 aromatic rings. The van der Waals surface area contributed by atoms with Gasteiger partial charge < -0.3 is 14.4 Å². The number of anilines is 1. The normalized spacial score (nSPS) is 14.9. The zero-order valence-corrected chi connectivity index (χ0v) is 15.9. The van der Waals surface area contributed by atoms with Crippen LogP contribution in [0.25, 0.3) is 22.6 Å². The second-order valence-corrected chi connectivity index (χ2v) is 7.10. The molecule has 1 fully saturated rings. The van der Waals surface area contributed by atoms with Gasteiger partial charge in [0, 0.05) is 38.9 Å². The molecule has 3 heterocycles. The molecule has 5 nitrogen and oxygen atoms in total. The Balaban J connectivity index is 1.69. The largest absolute Gasteiger partial charge is 0.372 e. The molecule has 1 aliphatic rings. The van der Waals surface area contributed by atoms with E-state index in [1.54, 1.807) is 0 Å². The Morgan fingerprint density at radius 2 is 1.77 bits per heavy atom. The van der Waals surface area contributed by atoms with Crippen LogP contribution in [0.2, 0.25) is 5.02 Å². The average molecular weight is 368 g/mol. The summed E-state index contributed by atoms with van der Waals surface area (Å²) in [5.41, 5.74) is 3.86. The highest BCUT2D eigenvalue weighted by Crippen LogP contribution is 2.30. The van der Waals surface area contributed by atoms with E-state index in [0.717, 1.165) is 60.2 Å². The SMILES string of the molecule is C=C(C)N1CCN(c2ccc(Cl)c(-c3nc4ccccc4n3C)n2)CC1. The van der Waals surface area contributed by atoms with Crippen LogP contribution in [-0.4, -0.2) is 45.6 Å². The third-order valence-electron chi connectivity index (χ3n) is 4.97. The van der Waals surface area contributed by atoms with Crippen LogP contribution in [0.5, 0.6) is 0 Å². The Hall–Kier alpha value is -2.53. The molecule has 2 aromatic heterocycles. The van der Waals surface area contributed by atoms with Gasteiger partial charge in [-0.25, -0.2) is 9.97 Å². The monoisotopic (exact) mass is 367 g/mol. The molecule has 1 aliphatic heterocycles. The number of pyridine rings is 1. The van der Waals surface area contributed by atoms with Crippen molar-refractivity contribution in [2.75, 3.05) is 31.1 Å². The lowest BCUT2D eigenvalue weighted by Crippen LogP contribution is -2.45. The lowest BCUT2D eigenvalue weighted by atomic mass is 10.2. The van der Waals surface area contributed by atoms with Crippen molar-refractivity contribution >= 4 is 28.5 Å². The van der Waals surface area contributed by atoms with Gasteiger partial charge in [-0.3, -0.25) is 0 Å². The molecule has 0 unspecified atom stereocenters. The number of benzene rings is 1. The number of piperazine rings is 1. The van der Waals surface area contributed by atoms with Crippen molar-refractivity contribution < 1.29 is 0 Å². The molecule has 6 heteroatoms. The summed E-state index contributed by atoms with van der Waals surface area (Å²) in [5, 5.41) is 0.618. The summed E-state index contributed by atoms with van der Waals surface area (Å²) in [6, 6.07) is 12.0. The van der Waals surface area contributed by atoms with Crippen LogP contribution in [0.15, 0.2) is 48.7 Å². The van der Waals surface area contributed by atoms with Gasteiger partial charge in [0.1, 0.15) is 11.5 Å². The Kier molecular flexibility index (Phi) is 4.32. The summed E-state index contributed by atoms with van der Waals surface area (Å²) in [6.07, 6.45) is 0. The first-order valence-electron chi connectivity index (χ1n) is 8.78. The lowest BCUT2D eigenvalue weighted by Gasteiger charge is -2.37. The van der Waals surface area contributed by atoms with Crippen molar-refractivity contribution in [2.45, 2.75) is 6.92 Å². The lowest BCUT2D eigenvalue weighted by molar-refractivity contribution is 0.322. The number of aryl methyl sites for hydroxylation is 1. The Labute approximate surface area is 158 Å². The van der Waals surface area contributed by atoms with Gasteiger partial charge in [0.2, 0.25) is 0 Å². The van der Waals surface area contributed by atoms with Gasteiger partial charge in [-0.1, -0.05) is 30.3 Å². The molecule has 0 atom stereocenters. The quantitative estimate of drug-likeness (QED) is 0.702.